The largest absolute Gasteiger partial charge is 0.484 e. The summed E-state index contributed by atoms with van der Waals surface area (Å²) in [5.74, 6) is -0.431. The standard InChI is InChI=1S/C22H21FN2O4S/c1-15-3-6-19(13-16(15)2)24-22(26)14-29-20-9-11-21(12-10-20)30(27,28)25-18-7-4-17(23)5-8-18/h3-13,25H,14H2,1-2H3,(H,24,26). The van der Waals surface area contributed by atoms with E-state index in [0.29, 0.717) is 11.4 Å². The number of halogens is 1. The van der Waals surface area contributed by atoms with Gasteiger partial charge in [-0.15, -0.1) is 0 Å². The van der Waals surface area contributed by atoms with E-state index in [1.54, 1.807) is 0 Å². The number of aryl methyl sites for hydroxylation is 2. The number of sulfonamides is 1. The van der Waals surface area contributed by atoms with Crippen molar-refractivity contribution in [2.45, 2.75) is 18.7 Å². The summed E-state index contributed by atoms with van der Waals surface area (Å²) in [6, 6.07) is 16.3. The van der Waals surface area contributed by atoms with Gasteiger partial charge in [-0.25, -0.2) is 12.8 Å². The van der Waals surface area contributed by atoms with E-state index in [0.717, 1.165) is 23.3 Å². The Labute approximate surface area is 174 Å². The molecule has 0 spiro atoms. The van der Waals surface area contributed by atoms with Gasteiger partial charge in [-0.3, -0.25) is 9.52 Å². The molecule has 0 aliphatic rings. The van der Waals surface area contributed by atoms with Crippen LogP contribution in [0.5, 0.6) is 5.75 Å². The van der Waals surface area contributed by atoms with Crippen LogP contribution in [-0.4, -0.2) is 20.9 Å². The highest BCUT2D eigenvalue weighted by Crippen LogP contribution is 2.20. The first kappa shape index (κ1) is 21.3. The molecule has 2 N–H and O–H groups in total. The predicted octanol–water partition coefficient (Wildman–Crippen LogP) is 4.26. The van der Waals surface area contributed by atoms with Gasteiger partial charge < -0.3 is 10.1 Å². The Balaban J connectivity index is 1.57. The van der Waals surface area contributed by atoms with Crippen LogP contribution in [0, 0.1) is 19.7 Å². The van der Waals surface area contributed by atoms with Crippen molar-refractivity contribution >= 4 is 27.3 Å². The van der Waals surface area contributed by atoms with Gasteiger partial charge in [0, 0.05) is 11.4 Å². The zero-order chi connectivity index (χ0) is 21.7. The van der Waals surface area contributed by atoms with Crippen LogP contribution in [0.25, 0.3) is 0 Å². The van der Waals surface area contributed by atoms with E-state index in [2.05, 4.69) is 10.0 Å². The highest BCUT2D eigenvalue weighted by molar-refractivity contribution is 7.92. The van der Waals surface area contributed by atoms with Crippen molar-refractivity contribution in [3.05, 3.63) is 83.7 Å². The lowest BCUT2D eigenvalue weighted by Gasteiger charge is -2.10. The van der Waals surface area contributed by atoms with E-state index in [4.69, 9.17) is 4.74 Å². The first-order chi connectivity index (χ1) is 14.2. The van der Waals surface area contributed by atoms with E-state index in [1.807, 2.05) is 32.0 Å². The monoisotopic (exact) mass is 428 g/mol. The normalized spacial score (nSPS) is 11.0. The number of amides is 1. The molecule has 0 fully saturated rings. The molecule has 0 unspecified atom stereocenters. The lowest BCUT2D eigenvalue weighted by Crippen LogP contribution is -2.20. The number of hydrogen-bond acceptors (Lipinski definition) is 4. The molecule has 0 aromatic heterocycles. The molecule has 3 aromatic rings. The average Bonchev–Trinajstić information content (AvgIpc) is 2.71. The van der Waals surface area contributed by atoms with Gasteiger partial charge in [0.2, 0.25) is 0 Å². The number of nitrogens with one attached hydrogen (secondary N) is 2. The van der Waals surface area contributed by atoms with Crippen LogP contribution in [0.3, 0.4) is 0 Å². The zero-order valence-electron chi connectivity index (χ0n) is 16.5. The first-order valence-electron chi connectivity index (χ1n) is 9.11. The highest BCUT2D eigenvalue weighted by atomic mass is 32.2. The summed E-state index contributed by atoms with van der Waals surface area (Å²) in [7, 11) is -3.83. The molecule has 0 radical (unpaired) electrons. The number of ether oxygens (including phenoxy) is 1. The molecule has 0 heterocycles. The molecule has 0 atom stereocenters. The maximum atomic E-state index is 13.0. The number of benzene rings is 3. The van der Waals surface area contributed by atoms with E-state index in [1.165, 1.54) is 36.4 Å². The number of rotatable bonds is 7. The fraction of sp³-hybridized carbons (Fsp3) is 0.136. The molecule has 3 aromatic carbocycles. The van der Waals surface area contributed by atoms with Crippen molar-refractivity contribution in [2.75, 3.05) is 16.6 Å². The van der Waals surface area contributed by atoms with Gasteiger partial charge in [-0.05, 0) is 85.6 Å². The Morgan fingerprint density at radius 1 is 0.900 bits per heavy atom. The summed E-state index contributed by atoms with van der Waals surface area (Å²) >= 11 is 0. The van der Waals surface area contributed by atoms with Crippen LogP contribution < -0.4 is 14.8 Å². The lowest BCUT2D eigenvalue weighted by molar-refractivity contribution is -0.118. The minimum atomic E-state index is -3.83. The molecule has 8 heteroatoms. The fourth-order valence-electron chi connectivity index (χ4n) is 2.61. The van der Waals surface area contributed by atoms with Gasteiger partial charge in [0.15, 0.2) is 6.61 Å². The molecule has 6 nitrogen and oxygen atoms in total. The van der Waals surface area contributed by atoms with Gasteiger partial charge in [0.25, 0.3) is 15.9 Å². The SMILES string of the molecule is Cc1ccc(NC(=O)COc2ccc(S(=O)(=O)Nc3ccc(F)cc3)cc2)cc1C. The molecule has 1 amide bonds. The molecular weight excluding hydrogens is 407 g/mol. The van der Waals surface area contributed by atoms with E-state index < -0.39 is 15.8 Å². The Bertz CT molecular complexity index is 1140. The van der Waals surface area contributed by atoms with Crippen LogP contribution in [-0.2, 0) is 14.8 Å². The first-order valence-corrected chi connectivity index (χ1v) is 10.6. The van der Waals surface area contributed by atoms with Crippen molar-refractivity contribution < 1.29 is 22.3 Å². The van der Waals surface area contributed by atoms with Crippen molar-refractivity contribution in [1.82, 2.24) is 0 Å². The minimum Gasteiger partial charge on any atom is -0.484 e. The van der Waals surface area contributed by atoms with Crippen LogP contribution in [0.15, 0.2) is 71.6 Å². The molecule has 30 heavy (non-hydrogen) atoms. The molecule has 0 aliphatic carbocycles. The predicted molar refractivity (Wildman–Crippen MR) is 114 cm³/mol. The number of anilines is 2. The van der Waals surface area contributed by atoms with E-state index in [-0.39, 0.29) is 23.1 Å². The maximum absolute atomic E-state index is 13.0. The molecule has 156 valence electrons. The lowest BCUT2D eigenvalue weighted by atomic mass is 10.1. The van der Waals surface area contributed by atoms with Gasteiger partial charge in [0.1, 0.15) is 11.6 Å². The second kappa shape index (κ2) is 8.96. The fourth-order valence-corrected chi connectivity index (χ4v) is 3.67. The Kier molecular flexibility index (Phi) is 6.37. The number of hydrogen-bond donors (Lipinski definition) is 2. The van der Waals surface area contributed by atoms with Crippen molar-refractivity contribution in [2.24, 2.45) is 0 Å². The molecule has 0 saturated heterocycles. The molecule has 0 saturated carbocycles. The van der Waals surface area contributed by atoms with Crippen LogP contribution in [0.1, 0.15) is 11.1 Å². The smallest absolute Gasteiger partial charge is 0.262 e. The maximum Gasteiger partial charge on any atom is 0.262 e. The van der Waals surface area contributed by atoms with Crippen LogP contribution in [0.2, 0.25) is 0 Å². The van der Waals surface area contributed by atoms with Crippen molar-refractivity contribution in [1.29, 1.82) is 0 Å². The Hall–Kier alpha value is -3.39. The number of carbonyl (C=O) groups excluding carboxylic acids is 1. The van der Waals surface area contributed by atoms with Crippen molar-refractivity contribution in [3.63, 3.8) is 0 Å². The van der Waals surface area contributed by atoms with Crippen LogP contribution >= 0.6 is 0 Å². The zero-order valence-corrected chi connectivity index (χ0v) is 17.3. The van der Waals surface area contributed by atoms with Gasteiger partial charge in [-0.1, -0.05) is 6.07 Å². The highest BCUT2D eigenvalue weighted by Gasteiger charge is 2.14. The third-order valence-electron chi connectivity index (χ3n) is 4.39. The second-order valence-corrected chi connectivity index (χ2v) is 8.40. The Morgan fingerprint density at radius 2 is 1.53 bits per heavy atom. The quantitative estimate of drug-likeness (QED) is 0.589. The summed E-state index contributed by atoms with van der Waals surface area (Å²) in [5.41, 5.74) is 3.13. The molecular formula is C22H21FN2O4S. The van der Waals surface area contributed by atoms with E-state index in [9.17, 15) is 17.6 Å². The van der Waals surface area contributed by atoms with Gasteiger partial charge in [0.05, 0.1) is 4.90 Å². The minimum absolute atomic E-state index is 0.0127. The molecule has 0 bridgehead atoms. The summed E-state index contributed by atoms with van der Waals surface area (Å²) in [6.07, 6.45) is 0. The summed E-state index contributed by atoms with van der Waals surface area (Å²) < 4.78 is 45.6. The summed E-state index contributed by atoms with van der Waals surface area (Å²) in [5, 5.41) is 2.75. The molecule has 0 aliphatic heterocycles. The topological polar surface area (TPSA) is 84.5 Å². The van der Waals surface area contributed by atoms with Crippen LogP contribution in [0.4, 0.5) is 15.8 Å². The van der Waals surface area contributed by atoms with Crippen molar-refractivity contribution in [3.8, 4) is 5.75 Å². The summed E-state index contributed by atoms with van der Waals surface area (Å²) in [6.45, 7) is 3.73. The van der Waals surface area contributed by atoms with E-state index >= 15 is 0 Å². The second-order valence-electron chi connectivity index (χ2n) is 6.72. The van der Waals surface area contributed by atoms with Gasteiger partial charge >= 0.3 is 0 Å². The summed E-state index contributed by atoms with van der Waals surface area (Å²) in [4.78, 5) is 12.1. The third kappa shape index (κ3) is 5.57. The Morgan fingerprint density at radius 3 is 2.17 bits per heavy atom. The average molecular weight is 428 g/mol. The number of carbonyl (C=O) groups is 1. The van der Waals surface area contributed by atoms with Gasteiger partial charge in [-0.2, -0.15) is 0 Å². The molecule has 3 rings (SSSR count). The third-order valence-corrected chi connectivity index (χ3v) is 5.79.